The van der Waals surface area contributed by atoms with Crippen LogP contribution < -0.4 is 5.32 Å². The van der Waals surface area contributed by atoms with Crippen LogP contribution in [0.2, 0.25) is 0 Å². The van der Waals surface area contributed by atoms with Gasteiger partial charge in [0, 0.05) is 25.5 Å². The van der Waals surface area contributed by atoms with Crippen LogP contribution >= 0.6 is 0 Å². The van der Waals surface area contributed by atoms with Gasteiger partial charge in [-0.3, -0.25) is 19.4 Å². The number of carbonyl (C=O) groups excluding carboxylic acids is 1. The van der Waals surface area contributed by atoms with Crippen molar-refractivity contribution in [2.75, 3.05) is 18.4 Å². The zero-order valence-corrected chi connectivity index (χ0v) is 12.8. The Bertz CT molecular complexity index is 624. The van der Waals surface area contributed by atoms with Crippen LogP contribution in [0, 0.1) is 0 Å². The Balaban J connectivity index is 1.65. The molecule has 2 aromatic heterocycles. The van der Waals surface area contributed by atoms with E-state index >= 15 is 0 Å². The maximum Gasteiger partial charge on any atom is 0.239 e. The molecule has 1 aliphatic heterocycles. The first kappa shape index (κ1) is 14.7. The molecule has 6 nitrogen and oxygen atoms in total. The van der Waals surface area contributed by atoms with E-state index in [4.69, 9.17) is 0 Å². The topological polar surface area (TPSA) is 63.1 Å². The molecule has 6 heteroatoms. The highest BCUT2D eigenvalue weighted by Gasteiger charge is 2.26. The van der Waals surface area contributed by atoms with Gasteiger partial charge in [0.25, 0.3) is 0 Å². The number of hydrogen-bond donors (Lipinski definition) is 1. The Morgan fingerprint density at radius 3 is 3.00 bits per heavy atom. The van der Waals surface area contributed by atoms with Crippen molar-refractivity contribution >= 4 is 11.7 Å². The van der Waals surface area contributed by atoms with Crippen molar-refractivity contribution in [2.45, 2.75) is 25.3 Å². The van der Waals surface area contributed by atoms with E-state index in [9.17, 15) is 4.79 Å². The first-order valence-corrected chi connectivity index (χ1v) is 7.67. The van der Waals surface area contributed by atoms with Crippen LogP contribution in [-0.2, 0) is 11.8 Å². The van der Waals surface area contributed by atoms with E-state index < -0.39 is 0 Å². The number of pyridine rings is 1. The lowest BCUT2D eigenvalue weighted by Crippen LogP contribution is -2.39. The maximum absolute atomic E-state index is 12.2. The first-order chi connectivity index (χ1) is 10.7. The van der Waals surface area contributed by atoms with E-state index in [-0.39, 0.29) is 11.9 Å². The molecule has 0 saturated carbocycles. The van der Waals surface area contributed by atoms with Crippen LogP contribution in [-0.4, -0.2) is 38.7 Å². The molecule has 1 aliphatic rings. The molecule has 0 aromatic carbocycles. The van der Waals surface area contributed by atoms with Gasteiger partial charge in [-0.15, -0.1) is 0 Å². The minimum absolute atomic E-state index is 0.0264. The van der Waals surface area contributed by atoms with Gasteiger partial charge < -0.3 is 5.32 Å². The number of hydrogen-bond acceptors (Lipinski definition) is 4. The van der Waals surface area contributed by atoms with Crippen LogP contribution in [0.1, 0.15) is 31.0 Å². The first-order valence-electron chi connectivity index (χ1n) is 7.67. The van der Waals surface area contributed by atoms with E-state index in [1.807, 2.05) is 37.6 Å². The number of nitrogens with zero attached hydrogens (tertiary/aromatic N) is 4. The monoisotopic (exact) mass is 299 g/mol. The molecule has 0 bridgehead atoms. The number of carbonyl (C=O) groups is 1. The molecule has 0 aliphatic carbocycles. The second kappa shape index (κ2) is 6.70. The fourth-order valence-electron chi connectivity index (χ4n) is 2.94. The van der Waals surface area contributed by atoms with E-state index in [0.717, 1.165) is 25.1 Å². The quantitative estimate of drug-likeness (QED) is 0.937. The Morgan fingerprint density at radius 1 is 1.36 bits per heavy atom. The SMILES string of the molecule is Cn1ccc(NC(=O)CN2CCCC[C@@H]2c2ccccn2)n1. The molecule has 22 heavy (non-hydrogen) atoms. The lowest BCUT2D eigenvalue weighted by atomic mass is 9.99. The Morgan fingerprint density at radius 2 is 2.27 bits per heavy atom. The molecule has 0 radical (unpaired) electrons. The third kappa shape index (κ3) is 3.51. The highest BCUT2D eigenvalue weighted by Crippen LogP contribution is 2.29. The van der Waals surface area contributed by atoms with Crippen molar-refractivity contribution in [1.82, 2.24) is 19.7 Å². The Hall–Kier alpha value is -2.21. The summed E-state index contributed by atoms with van der Waals surface area (Å²) in [5, 5.41) is 7.02. The average Bonchev–Trinajstić information content (AvgIpc) is 2.93. The molecule has 1 saturated heterocycles. The number of likely N-dealkylation sites (tertiary alicyclic amines) is 1. The second-order valence-corrected chi connectivity index (χ2v) is 5.66. The standard InChI is InChI=1S/C16H21N5O/c1-20-11-8-15(19-20)18-16(22)12-21-10-5-3-7-14(21)13-6-2-4-9-17-13/h2,4,6,8-9,11,14H,3,5,7,10,12H2,1H3,(H,18,19,22)/t14-/m1/s1. The summed E-state index contributed by atoms with van der Waals surface area (Å²) in [5.74, 6) is 0.570. The van der Waals surface area contributed by atoms with E-state index in [1.54, 1.807) is 10.7 Å². The highest BCUT2D eigenvalue weighted by molar-refractivity contribution is 5.91. The molecular formula is C16H21N5O. The predicted molar refractivity (Wildman–Crippen MR) is 84.2 cm³/mol. The van der Waals surface area contributed by atoms with Crippen LogP contribution in [0.25, 0.3) is 0 Å². The second-order valence-electron chi connectivity index (χ2n) is 5.66. The predicted octanol–water partition coefficient (Wildman–Crippen LogP) is 1.98. The van der Waals surface area contributed by atoms with Gasteiger partial charge in [-0.05, 0) is 31.5 Å². The fourth-order valence-corrected chi connectivity index (χ4v) is 2.94. The van der Waals surface area contributed by atoms with Gasteiger partial charge in [-0.2, -0.15) is 5.10 Å². The summed E-state index contributed by atoms with van der Waals surface area (Å²) in [6, 6.07) is 7.99. The molecule has 3 rings (SSSR count). The summed E-state index contributed by atoms with van der Waals surface area (Å²) in [7, 11) is 1.83. The number of piperidine rings is 1. The van der Waals surface area contributed by atoms with Gasteiger partial charge in [0.2, 0.25) is 5.91 Å². The van der Waals surface area contributed by atoms with E-state index in [1.165, 1.54) is 6.42 Å². The molecule has 3 heterocycles. The van der Waals surface area contributed by atoms with Gasteiger partial charge in [0.15, 0.2) is 5.82 Å². The van der Waals surface area contributed by atoms with Crippen molar-refractivity contribution in [3.05, 3.63) is 42.4 Å². The summed E-state index contributed by atoms with van der Waals surface area (Å²) >= 11 is 0. The molecule has 2 aromatic rings. The number of aryl methyl sites for hydroxylation is 1. The lowest BCUT2D eigenvalue weighted by molar-refractivity contribution is -0.118. The normalized spacial score (nSPS) is 19.0. The zero-order valence-electron chi connectivity index (χ0n) is 12.8. The van der Waals surface area contributed by atoms with Gasteiger partial charge in [-0.1, -0.05) is 12.5 Å². The zero-order chi connectivity index (χ0) is 15.4. The third-order valence-electron chi connectivity index (χ3n) is 3.97. The summed E-state index contributed by atoms with van der Waals surface area (Å²) < 4.78 is 1.67. The van der Waals surface area contributed by atoms with Gasteiger partial charge in [0.1, 0.15) is 0 Å². The fraction of sp³-hybridized carbons (Fsp3) is 0.438. The van der Waals surface area contributed by atoms with Gasteiger partial charge >= 0.3 is 0 Å². The number of amides is 1. The third-order valence-corrected chi connectivity index (χ3v) is 3.97. The molecule has 1 atom stereocenters. The van der Waals surface area contributed by atoms with Crippen molar-refractivity contribution in [3.8, 4) is 0 Å². The smallest absolute Gasteiger partial charge is 0.239 e. The van der Waals surface area contributed by atoms with Crippen molar-refractivity contribution in [1.29, 1.82) is 0 Å². The average molecular weight is 299 g/mol. The van der Waals surface area contributed by atoms with E-state index in [2.05, 4.69) is 20.3 Å². The van der Waals surface area contributed by atoms with Gasteiger partial charge in [-0.25, -0.2) is 0 Å². The minimum Gasteiger partial charge on any atom is -0.308 e. The van der Waals surface area contributed by atoms with Crippen molar-refractivity contribution < 1.29 is 4.79 Å². The summed E-state index contributed by atoms with van der Waals surface area (Å²) in [6.07, 6.45) is 6.98. The molecule has 1 amide bonds. The van der Waals surface area contributed by atoms with Crippen LogP contribution in [0.15, 0.2) is 36.7 Å². The number of anilines is 1. The van der Waals surface area contributed by atoms with Gasteiger partial charge in [0.05, 0.1) is 18.3 Å². The highest BCUT2D eigenvalue weighted by atomic mass is 16.2. The molecule has 116 valence electrons. The number of rotatable bonds is 4. The number of nitrogens with one attached hydrogen (secondary N) is 1. The van der Waals surface area contributed by atoms with Crippen molar-refractivity contribution in [3.63, 3.8) is 0 Å². The lowest BCUT2D eigenvalue weighted by Gasteiger charge is -2.34. The minimum atomic E-state index is -0.0264. The molecule has 1 N–H and O–H groups in total. The molecule has 0 unspecified atom stereocenters. The maximum atomic E-state index is 12.2. The molecule has 0 spiro atoms. The summed E-state index contributed by atoms with van der Waals surface area (Å²) in [4.78, 5) is 18.9. The Kier molecular flexibility index (Phi) is 4.48. The van der Waals surface area contributed by atoms with E-state index in [0.29, 0.717) is 12.4 Å². The van der Waals surface area contributed by atoms with Crippen LogP contribution in [0.5, 0.6) is 0 Å². The van der Waals surface area contributed by atoms with Crippen LogP contribution in [0.3, 0.4) is 0 Å². The van der Waals surface area contributed by atoms with Crippen molar-refractivity contribution in [2.24, 2.45) is 7.05 Å². The Labute approximate surface area is 130 Å². The summed E-state index contributed by atoms with van der Waals surface area (Å²) in [5.41, 5.74) is 1.05. The molecular weight excluding hydrogens is 278 g/mol. The summed E-state index contributed by atoms with van der Waals surface area (Å²) in [6.45, 7) is 1.30. The number of aromatic nitrogens is 3. The molecule has 1 fully saturated rings. The largest absolute Gasteiger partial charge is 0.308 e. The van der Waals surface area contributed by atoms with Crippen LogP contribution in [0.4, 0.5) is 5.82 Å².